The SMILES string of the molecule is CN(CCNCc1ccn(C)c1)C1CCCC1. The Morgan fingerprint density at radius 2 is 2.18 bits per heavy atom. The van der Waals surface area contributed by atoms with E-state index in [0.717, 1.165) is 25.7 Å². The van der Waals surface area contributed by atoms with E-state index in [1.165, 1.54) is 31.2 Å². The average Bonchev–Trinajstić information content (AvgIpc) is 2.95. The van der Waals surface area contributed by atoms with Gasteiger partial charge in [-0.25, -0.2) is 0 Å². The molecular weight excluding hydrogens is 210 g/mol. The highest BCUT2D eigenvalue weighted by Gasteiger charge is 2.18. The maximum absolute atomic E-state index is 3.51. The van der Waals surface area contributed by atoms with Crippen molar-refractivity contribution >= 4 is 0 Å². The minimum atomic E-state index is 0.841. The zero-order chi connectivity index (χ0) is 12.1. The third-order valence-corrected chi connectivity index (χ3v) is 3.81. The first-order valence-corrected chi connectivity index (χ1v) is 6.77. The van der Waals surface area contributed by atoms with Crippen molar-refractivity contribution in [2.24, 2.45) is 7.05 Å². The molecule has 1 aliphatic rings. The molecule has 17 heavy (non-hydrogen) atoms. The number of nitrogens with zero attached hydrogens (tertiary/aromatic N) is 2. The molecular formula is C14H25N3. The molecule has 96 valence electrons. The van der Waals surface area contributed by atoms with Crippen molar-refractivity contribution in [3.05, 3.63) is 24.0 Å². The molecule has 1 N–H and O–H groups in total. The first-order chi connectivity index (χ1) is 8.25. The molecule has 1 heterocycles. The molecule has 0 spiro atoms. The molecule has 0 unspecified atom stereocenters. The number of hydrogen-bond donors (Lipinski definition) is 1. The first-order valence-electron chi connectivity index (χ1n) is 6.77. The molecule has 0 radical (unpaired) electrons. The van der Waals surface area contributed by atoms with Gasteiger partial charge in [0.05, 0.1) is 0 Å². The van der Waals surface area contributed by atoms with Crippen LogP contribution in [0.1, 0.15) is 31.2 Å². The number of nitrogens with one attached hydrogen (secondary N) is 1. The Morgan fingerprint density at radius 3 is 2.82 bits per heavy atom. The highest BCUT2D eigenvalue weighted by atomic mass is 15.1. The lowest BCUT2D eigenvalue weighted by Crippen LogP contribution is -2.35. The monoisotopic (exact) mass is 235 g/mol. The lowest BCUT2D eigenvalue weighted by Gasteiger charge is -2.23. The van der Waals surface area contributed by atoms with Gasteiger partial charge in [0.25, 0.3) is 0 Å². The number of aromatic nitrogens is 1. The molecule has 2 rings (SSSR count). The van der Waals surface area contributed by atoms with Gasteiger partial charge in [-0.05, 0) is 31.5 Å². The summed E-state index contributed by atoms with van der Waals surface area (Å²) in [5, 5.41) is 3.51. The summed E-state index contributed by atoms with van der Waals surface area (Å²) in [5.74, 6) is 0. The van der Waals surface area contributed by atoms with Gasteiger partial charge in [0.2, 0.25) is 0 Å². The Morgan fingerprint density at radius 1 is 1.41 bits per heavy atom. The molecule has 3 heteroatoms. The highest BCUT2D eigenvalue weighted by Crippen LogP contribution is 2.21. The number of hydrogen-bond acceptors (Lipinski definition) is 2. The van der Waals surface area contributed by atoms with Gasteiger partial charge >= 0.3 is 0 Å². The van der Waals surface area contributed by atoms with Crippen LogP contribution in [0.2, 0.25) is 0 Å². The molecule has 1 aromatic rings. The summed E-state index contributed by atoms with van der Waals surface area (Å²) in [6.07, 6.45) is 9.92. The van der Waals surface area contributed by atoms with E-state index in [1.807, 2.05) is 0 Å². The van der Waals surface area contributed by atoms with E-state index in [4.69, 9.17) is 0 Å². The summed E-state index contributed by atoms with van der Waals surface area (Å²) < 4.78 is 2.10. The smallest absolute Gasteiger partial charge is 0.0221 e. The minimum Gasteiger partial charge on any atom is -0.357 e. The van der Waals surface area contributed by atoms with Gasteiger partial charge in [-0.3, -0.25) is 0 Å². The van der Waals surface area contributed by atoms with Crippen molar-refractivity contribution in [1.82, 2.24) is 14.8 Å². The van der Waals surface area contributed by atoms with Crippen LogP contribution in [0.15, 0.2) is 18.5 Å². The Hall–Kier alpha value is -0.800. The van der Waals surface area contributed by atoms with Crippen LogP contribution in [-0.4, -0.2) is 35.6 Å². The van der Waals surface area contributed by atoms with Crippen LogP contribution in [0.25, 0.3) is 0 Å². The largest absolute Gasteiger partial charge is 0.357 e. The second-order valence-corrected chi connectivity index (χ2v) is 5.28. The predicted molar refractivity (Wildman–Crippen MR) is 72.0 cm³/mol. The van der Waals surface area contributed by atoms with Crippen molar-refractivity contribution in [3.8, 4) is 0 Å². The van der Waals surface area contributed by atoms with Gasteiger partial charge in [0.15, 0.2) is 0 Å². The zero-order valence-corrected chi connectivity index (χ0v) is 11.2. The number of likely N-dealkylation sites (N-methyl/N-ethyl adjacent to an activating group) is 1. The molecule has 1 fully saturated rings. The highest BCUT2D eigenvalue weighted by molar-refractivity contribution is 5.09. The van der Waals surface area contributed by atoms with Crippen molar-refractivity contribution < 1.29 is 0 Å². The van der Waals surface area contributed by atoms with Crippen molar-refractivity contribution in [2.75, 3.05) is 20.1 Å². The Balaban J connectivity index is 1.59. The Labute approximate surface area is 105 Å². The van der Waals surface area contributed by atoms with Gasteiger partial charge in [0, 0.05) is 45.1 Å². The molecule has 0 aliphatic heterocycles. The molecule has 1 aromatic heterocycles. The van der Waals surface area contributed by atoms with E-state index in [2.05, 4.69) is 47.3 Å². The lowest BCUT2D eigenvalue weighted by molar-refractivity contribution is 0.245. The van der Waals surface area contributed by atoms with E-state index in [0.29, 0.717) is 0 Å². The summed E-state index contributed by atoms with van der Waals surface area (Å²) in [6.45, 7) is 3.23. The van der Waals surface area contributed by atoms with Crippen molar-refractivity contribution in [2.45, 2.75) is 38.3 Å². The van der Waals surface area contributed by atoms with Crippen LogP contribution < -0.4 is 5.32 Å². The summed E-state index contributed by atoms with van der Waals surface area (Å²) in [6, 6.07) is 3.02. The van der Waals surface area contributed by atoms with Crippen molar-refractivity contribution in [3.63, 3.8) is 0 Å². The maximum Gasteiger partial charge on any atom is 0.0221 e. The third-order valence-electron chi connectivity index (χ3n) is 3.81. The Kier molecular flexibility index (Phi) is 4.63. The minimum absolute atomic E-state index is 0.841. The van der Waals surface area contributed by atoms with Crippen molar-refractivity contribution in [1.29, 1.82) is 0 Å². The average molecular weight is 235 g/mol. The molecule has 0 aromatic carbocycles. The summed E-state index contributed by atoms with van der Waals surface area (Å²) in [5.41, 5.74) is 1.37. The fourth-order valence-electron chi connectivity index (χ4n) is 2.68. The maximum atomic E-state index is 3.51. The van der Waals surface area contributed by atoms with Crippen LogP contribution >= 0.6 is 0 Å². The Bertz CT molecular complexity index is 326. The van der Waals surface area contributed by atoms with Gasteiger partial charge in [-0.2, -0.15) is 0 Å². The molecule has 0 amide bonds. The van der Waals surface area contributed by atoms with E-state index in [-0.39, 0.29) is 0 Å². The summed E-state index contributed by atoms with van der Waals surface area (Å²) >= 11 is 0. The van der Waals surface area contributed by atoms with Crippen LogP contribution in [0.3, 0.4) is 0 Å². The fraction of sp³-hybridized carbons (Fsp3) is 0.714. The van der Waals surface area contributed by atoms with Crippen LogP contribution in [-0.2, 0) is 13.6 Å². The number of rotatable bonds is 6. The van der Waals surface area contributed by atoms with Crippen LogP contribution in [0.5, 0.6) is 0 Å². The van der Waals surface area contributed by atoms with E-state index >= 15 is 0 Å². The molecule has 1 saturated carbocycles. The zero-order valence-electron chi connectivity index (χ0n) is 11.2. The third kappa shape index (κ3) is 3.86. The van der Waals surface area contributed by atoms with Gasteiger partial charge in [-0.1, -0.05) is 12.8 Å². The quantitative estimate of drug-likeness (QED) is 0.761. The molecule has 3 nitrogen and oxygen atoms in total. The van der Waals surface area contributed by atoms with Crippen LogP contribution in [0, 0.1) is 0 Å². The van der Waals surface area contributed by atoms with Crippen LogP contribution in [0.4, 0.5) is 0 Å². The molecule has 1 aliphatic carbocycles. The number of aryl methyl sites for hydroxylation is 1. The predicted octanol–water partition coefficient (Wildman–Crippen LogP) is 1.99. The summed E-state index contributed by atoms with van der Waals surface area (Å²) in [4.78, 5) is 2.52. The second kappa shape index (κ2) is 6.22. The van der Waals surface area contributed by atoms with Gasteiger partial charge in [0.1, 0.15) is 0 Å². The van der Waals surface area contributed by atoms with Gasteiger partial charge in [-0.15, -0.1) is 0 Å². The normalized spacial score (nSPS) is 17.1. The standard InChI is InChI=1S/C14H25N3/c1-16-9-7-13(12-16)11-15-8-10-17(2)14-5-3-4-6-14/h7,9,12,14-15H,3-6,8,10-11H2,1-2H3. The molecule has 0 bridgehead atoms. The van der Waals surface area contributed by atoms with E-state index in [1.54, 1.807) is 0 Å². The lowest BCUT2D eigenvalue weighted by atomic mass is 10.2. The molecule has 0 saturated heterocycles. The summed E-state index contributed by atoms with van der Waals surface area (Å²) in [7, 11) is 4.33. The van der Waals surface area contributed by atoms with E-state index in [9.17, 15) is 0 Å². The van der Waals surface area contributed by atoms with E-state index < -0.39 is 0 Å². The fourth-order valence-corrected chi connectivity index (χ4v) is 2.68. The molecule has 0 atom stereocenters. The second-order valence-electron chi connectivity index (χ2n) is 5.28. The van der Waals surface area contributed by atoms with Gasteiger partial charge < -0.3 is 14.8 Å². The first kappa shape index (κ1) is 12.7. The topological polar surface area (TPSA) is 20.2 Å².